The first-order valence-electron chi connectivity index (χ1n) is 6.68. The lowest BCUT2D eigenvalue weighted by molar-refractivity contribution is 0.290. The molecular formula is C16H14BrFN2O. The summed E-state index contributed by atoms with van der Waals surface area (Å²) < 4.78 is 20.6. The molecule has 0 aromatic heterocycles. The van der Waals surface area contributed by atoms with E-state index in [-0.39, 0.29) is 11.6 Å². The highest BCUT2D eigenvalue weighted by atomic mass is 79.9. The van der Waals surface area contributed by atoms with Crippen LogP contribution in [0.5, 0.6) is 5.75 Å². The summed E-state index contributed by atoms with van der Waals surface area (Å²) in [5.41, 5.74) is 1.74. The van der Waals surface area contributed by atoms with Gasteiger partial charge in [-0.1, -0.05) is 28.1 Å². The van der Waals surface area contributed by atoms with E-state index in [0.717, 1.165) is 34.5 Å². The van der Waals surface area contributed by atoms with Crippen LogP contribution in [0.25, 0.3) is 0 Å². The minimum absolute atomic E-state index is 0.250. The van der Waals surface area contributed by atoms with Gasteiger partial charge in [0.25, 0.3) is 0 Å². The zero-order valence-corrected chi connectivity index (χ0v) is 12.9. The van der Waals surface area contributed by atoms with Crippen molar-refractivity contribution in [1.82, 2.24) is 5.32 Å². The number of nitrogens with one attached hydrogen (secondary N) is 1. The summed E-state index contributed by atoms with van der Waals surface area (Å²) in [7, 11) is 0. The Morgan fingerprint density at radius 1 is 1.19 bits per heavy atom. The molecule has 0 atom stereocenters. The van der Waals surface area contributed by atoms with Gasteiger partial charge >= 0.3 is 0 Å². The molecular weight excluding hydrogens is 335 g/mol. The number of nitrogens with zero attached hydrogens (tertiary/aromatic N) is 1. The number of amidine groups is 1. The average molecular weight is 349 g/mol. The van der Waals surface area contributed by atoms with Crippen LogP contribution >= 0.6 is 15.9 Å². The molecule has 0 aliphatic carbocycles. The topological polar surface area (TPSA) is 33.6 Å². The molecule has 21 heavy (non-hydrogen) atoms. The molecule has 1 heterocycles. The fourth-order valence-corrected chi connectivity index (χ4v) is 2.36. The van der Waals surface area contributed by atoms with Crippen molar-refractivity contribution in [3.05, 3.63) is 63.9 Å². The summed E-state index contributed by atoms with van der Waals surface area (Å²) in [5.74, 6) is 0.620. The lowest BCUT2D eigenvalue weighted by Gasteiger charge is -2.09. The summed E-state index contributed by atoms with van der Waals surface area (Å²) in [4.78, 5) is 4.27. The summed E-state index contributed by atoms with van der Waals surface area (Å²) in [6.07, 6.45) is 0. The third-order valence-electron chi connectivity index (χ3n) is 3.19. The lowest BCUT2D eigenvalue weighted by Crippen LogP contribution is -2.19. The number of hydrogen-bond acceptors (Lipinski definition) is 3. The van der Waals surface area contributed by atoms with Gasteiger partial charge in [0.15, 0.2) is 11.6 Å². The van der Waals surface area contributed by atoms with Gasteiger partial charge in [-0.05, 0) is 35.9 Å². The number of rotatable bonds is 4. The van der Waals surface area contributed by atoms with Crippen LogP contribution < -0.4 is 10.1 Å². The Morgan fingerprint density at radius 2 is 2.00 bits per heavy atom. The molecule has 1 aliphatic rings. The van der Waals surface area contributed by atoms with Crippen LogP contribution in [0.4, 0.5) is 4.39 Å². The fraction of sp³-hybridized carbons (Fsp3) is 0.188. The van der Waals surface area contributed by atoms with E-state index < -0.39 is 0 Å². The number of benzene rings is 2. The molecule has 0 saturated heterocycles. The highest BCUT2D eigenvalue weighted by Gasteiger charge is 2.11. The van der Waals surface area contributed by atoms with Gasteiger partial charge in [0, 0.05) is 16.6 Å². The van der Waals surface area contributed by atoms with Gasteiger partial charge in [-0.2, -0.15) is 0 Å². The molecule has 5 heteroatoms. The van der Waals surface area contributed by atoms with E-state index in [4.69, 9.17) is 4.74 Å². The first-order chi connectivity index (χ1) is 10.2. The second-order valence-corrected chi connectivity index (χ2v) is 5.63. The minimum Gasteiger partial charge on any atom is -0.486 e. The van der Waals surface area contributed by atoms with Gasteiger partial charge < -0.3 is 10.1 Å². The lowest BCUT2D eigenvalue weighted by atomic mass is 10.2. The number of ether oxygens (including phenoxy) is 1. The van der Waals surface area contributed by atoms with Crippen LogP contribution in [-0.2, 0) is 6.61 Å². The number of hydrogen-bond donors (Lipinski definition) is 1. The van der Waals surface area contributed by atoms with Crippen molar-refractivity contribution in [2.24, 2.45) is 4.99 Å². The van der Waals surface area contributed by atoms with Gasteiger partial charge in [-0.3, -0.25) is 4.99 Å². The van der Waals surface area contributed by atoms with Crippen molar-refractivity contribution in [3.8, 4) is 5.75 Å². The standard InChI is InChI=1S/C16H14BrFN2O/c17-13-4-1-11(2-5-13)10-21-15-6-3-12(9-14(15)18)16-19-7-8-20-16/h1-6,9H,7-8,10H2,(H,19,20). The molecule has 0 radical (unpaired) electrons. The van der Waals surface area contributed by atoms with E-state index in [1.165, 1.54) is 6.07 Å². The summed E-state index contributed by atoms with van der Waals surface area (Å²) in [6, 6.07) is 12.7. The second kappa shape index (κ2) is 6.26. The Hall–Kier alpha value is -1.88. The third kappa shape index (κ3) is 3.42. The van der Waals surface area contributed by atoms with Crippen LogP contribution in [0.3, 0.4) is 0 Å². The SMILES string of the molecule is Fc1cc(C2=NCCN2)ccc1OCc1ccc(Br)cc1. The highest BCUT2D eigenvalue weighted by molar-refractivity contribution is 9.10. The molecule has 2 aromatic rings. The molecule has 3 rings (SSSR count). The molecule has 0 unspecified atom stereocenters. The number of halogens is 2. The molecule has 1 aliphatic heterocycles. The van der Waals surface area contributed by atoms with Crippen molar-refractivity contribution < 1.29 is 9.13 Å². The molecule has 0 spiro atoms. The highest BCUT2D eigenvalue weighted by Crippen LogP contribution is 2.21. The Kier molecular flexibility index (Phi) is 4.20. The summed E-state index contributed by atoms with van der Waals surface area (Å²) >= 11 is 3.38. The summed E-state index contributed by atoms with van der Waals surface area (Å²) in [5, 5.41) is 3.12. The van der Waals surface area contributed by atoms with Crippen LogP contribution in [0.2, 0.25) is 0 Å². The van der Waals surface area contributed by atoms with Gasteiger partial charge in [0.2, 0.25) is 0 Å². The van der Waals surface area contributed by atoms with Gasteiger partial charge in [-0.25, -0.2) is 4.39 Å². The maximum absolute atomic E-state index is 14.1. The van der Waals surface area contributed by atoms with Crippen molar-refractivity contribution in [2.75, 3.05) is 13.1 Å². The van der Waals surface area contributed by atoms with Crippen molar-refractivity contribution in [2.45, 2.75) is 6.61 Å². The Morgan fingerprint density at radius 3 is 2.67 bits per heavy atom. The van der Waals surface area contributed by atoms with Crippen LogP contribution in [0.15, 0.2) is 51.9 Å². The zero-order chi connectivity index (χ0) is 14.7. The molecule has 3 nitrogen and oxygen atoms in total. The third-order valence-corrected chi connectivity index (χ3v) is 3.72. The Labute approximate surface area is 131 Å². The van der Waals surface area contributed by atoms with Gasteiger partial charge in [0.1, 0.15) is 12.4 Å². The quantitative estimate of drug-likeness (QED) is 0.917. The van der Waals surface area contributed by atoms with E-state index in [1.54, 1.807) is 6.07 Å². The molecule has 1 N–H and O–H groups in total. The van der Waals surface area contributed by atoms with Crippen molar-refractivity contribution >= 4 is 21.8 Å². The molecule has 0 bridgehead atoms. The van der Waals surface area contributed by atoms with E-state index in [0.29, 0.717) is 6.61 Å². The van der Waals surface area contributed by atoms with Crippen molar-refractivity contribution in [1.29, 1.82) is 0 Å². The Bertz CT molecular complexity index is 670. The predicted molar refractivity (Wildman–Crippen MR) is 84.3 cm³/mol. The van der Waals surface area contributed by atoms with Gasteiger partial charge in [0.05, 0.1) is 6.54 Å². The van der Waals surface area contributed by atoms with Crippen LogP contribution in [0, 0.1) is 5.82 Å². The van der Waals surface area contributed by atoms with Gasteiger partial charge in [-0.15, -0.1) is 0 Å². The van der Waals surface area contributed by atoms with E-state index in [2.05, 4.69) is 26.2 Å². The molecule has 0 saturated carbocycles. The first kappa shape index (κ1) is 14.1. The van der Waals surface area contributed by atoms with E-state index >= 15 is 0 Å². The fourth-order valence-electron chi connectivity index (χ4n) is 2.10. The van der Waals surface area contributed by atoms with E-state index in [1.807, 2.05) is 30.3 Å². The second-order valence-electron chi connectivity index (χ2n) is 4.72. The first-order valence-corrected chi connectivity index (χ1v) is 7.47. The maximum atomic E-state index is 14.1. The molecule has 2 aromatic carbocycles. The largest absolute Gasteiger partial charge is 0.486 e. The van der Waals surface area contributed by atoms with Crippen LogP contribution in [0.1, 0.15) is 11.1 Å². The minimum atomic E-state index is -0.374. The van der Waals surface area contributed by atoms with Crippen LogP contribution in [-0.4, -0.2) is 18.9 Å². The molecule has 0 amide bonds. The zero-order valence-electron chi connectivity index (χ0n) is 11.3. The smallest absolute Gasteiger partial charge is 0.165 e. The molecule has 108 valence electrons. The monoisotopic (exact) mass is 348 g/mol. The predicted octanol–water partition coefficient (Wildman–Crippen LogP) is 3.52. The van der Waals surface area contributed by atoms with Crippen molar-refractivity contribution in [3.63, 3.8) is 0 Å². The molecule has 0 fully saturated rings. The van der Waals surface area contributed by atoms with E-state index in [9.17, 15) is 4.39 Å². The number of aliphatic imine (C=N–C) groups is 1. The normalized spacial score (nSPS) is 13.7. The maximum Gasteiger partial charge on any atom is 0.165 e. The Balaban J connectivity index is 1.69. The average Bonchev–Trinajstić information content (AvgIpc) is 3.02. The summed E-state index contributed by atoms with van der Waals surface area (Å²) in [6.45, 7) is 1.88.